The zero-order valence-corrected chi connectivity index (χ0v) is 19.5. The highest BCUT2D eigenvalue weighted by Gasteiger charge is 2.25. The van der Waals surface area contributed by atoms with Crippen LogP contribution in [-0.2, 0) is 17.6 Å². The summed E-state index contributed by atoms with van der Waals surface area (Å²) in [6.07, 6.45) is 0.300. The third-order valence-corrected chi connectivity index (χ3v) is 6.46. The molecule has 1 atom stereocenters. The maximum atomic E-state index is 13.9. The van der Waals surface area contributed by atoms with E-state index in [1.54, 1.807) is 25.1 Å². The average Bonchev–Trinajstić information content (AvgIpc) is 3.35. The minimum absolute atomic E-state index is 0.116. The molecular formula is C27H21ClFNO5. The largest absolute Gasteiger partial charge is 0.490 e. The Morgan fingerprint density at radius 2 is 1.97 bits per heavy atom. The fourth-order valence-electron chi connectivity index (χ4n) is 4.51. The molecule has 0 spiro atoms. The summed E-state index contributed by atoms with van der Waals surface area (Å²) in [4.78, 5) is 24.8. The Hall–Kier alpha value is -3.84. The van der Waals surface area contributed by atoms with Crippen LogP contribution >= 0.6 is 11.6 Å². The monoisotopic (exact) mass is 493 g/mol. The van der Waals surface area contributed by atoms with E-state index in [1.165, 1.54) is 22.8 Å². The Morgan fingerprint density at radius 1 is 1.17 bits per heavy atom. The van der Waals surface area contributed by atoms with Crippen LogP contribution in [0.25, 0.3) is 10.9 Å². The minimum Gasteiger partial charge on any atom is -0.490 e. The predicted octanol–water partition coefficient (Wildman–Crippen LogP) is 5.44. The van der Waals surface area contributed by atoms with Crippen LogP contribution in [0.3, 0.4) is 0 Å². The molecule has 8 heteroatoms. The van der Waals surface area contributed by atoms with Gasteiger partial charge < -0.3 is 14.6 Å². The van der Waals surface area contributed by atoms with Crippen LogP contribution in [0.4, 0.5) is 4.39 Å². The molecule has 0 fully saturated rings. The van der Waals surface area contributed by atoms with E-state index >= 15 is 0 Å². The summed E-state index contributed by atoms with van der Waals surface area (Å²) >= 11 is 6.46. The van der Waals surface area contributed by atoms with E-state index in [2.05, 4.69) is 0 Å². The van der Waals surface area contributed by atoms with Gasteiger partial charge in [-0.05, 0) is 60.5 Å². The summed E-state index contributed by atoms with van der Waals surface area (Å²) in [5.41, 5.74) is 2.58. The number of nitrogens with zero attached hydrogens (tertiary/aromatic N) is 1. The van der Waals surface area contributed by atoms with Gasteiger partial charge in [-0.2, -0.15) is 0 Å². The molecule has 0 amide bonds. The first-order chi connectivity index (χ1) is 16.8. The summed E-state index contributed by atoms with van der Waals surface area (Å²) < 4.78 is 27.0. The summed E-state index contributed by atoms with van der Waals surface area (Å²) in [6.45, 7) is 1.96. The molecule has 35 heavy (non-hydrogen) atoms. The van der Waals surface area contributed by atoms with Crippen molar-refractivity contribution in [3.8, 4) is 11.5 Å². The van der Waals surface area contributed by atoms with Crippen LogP contribution in [0.2, 0.25) is 5.02 Å². The van der Waals surface area contributed by atoms with Gasteiger partial charge >= 0.3 is 5.97 Å². The van der Waals surface area contributed by atoms with Crippen molar-refractivity contribution in [2.24, 2.45) is 0 Å². The Bertz CT molecular complexity index is 1450. The van der Waals surface area contributed by atoms with Crippen LogP contribution in [0.1, 0.15) is 27.2 Å². The second-order valence-electron chi connectivity index (χ2n) is 8.44. The first-order valence-electron chi connectivity index (χ1n) is 11.0. The smallest absolute Gasteiger partial charge is 0.307 e. The average molecular weight is 494 g/mol. The molecular weight excluding hydrogens is 473 g/mol. The minimum atomic E-state index is -1.07. The van der Waals surface area contributed by atoms with E-state index in [0.717, 1.165) is 17.7 Å². The number of aliphatic carboxylic acids is 1. The molecule has 0 bridgehead atoms. The molecule has 1 aliphatic heterocycles. The molecule has 178 valence electrons. The summed E-state index contributed by atoms with van der Waals surface area (Å²) in [6, 6.07) is 16.6. The molecule has 6 nitrogen and oxygen atoms in total. The van der Waals surface area contributed by atoms with Gasteiger partial charge in [0, 0.05) is 17.5 Å². The van der Waals surface area contributed by atoms with Crippen LogP contribution < -0.4 is 9.47 Å². The van der Waals surface area contributed by atoms with Crippen molar-refractivity contribution in [3.63, 3.8) is 0 Å². The molecule has 4 aromatic rings. The van der Waals surface area contributed by atoms with Gasteiger partial charge in [-0.1, -0.05) is 29.8 Å². The maximum Gasteiger partial charge on any atom is 0.307 e. The molecule has 1 unspecified atom stereocenters. The topological polar surface area (TPSA) is 77.8 Å². The number of ether oxygens (including phenoxy) is 2. The third-order valence-electron chi connectivity index (χ3n) is 6.15. The predicted molar refractivity (Wildman–Crippen MR) is 129 cm³/mol. The number of aromatic nitrogens is 1. The van der Waals surface area contributed by atoms with Crippen molar-refractivity contribution in [2.75, 3.05) is 6.61 Å². The first kappa shape index (κ1) is 22.9. The number of para-hydroxylation sites is 1. The molecule has 2 heterocycles. The molecule has 0 saturated carbocycles. The van der Waals surface area contributed by atoms with E-state index in [-0.39, 0.29) is 23.1 Å². The summed E-state index contributed by atoms with van der Waals surface area (Å²) in [7, 11) is 0. The quantitative estimate of drug-likeness (QED) is 0.387. The number of benzene rings is 3. The number of carboxylic acid groups (broad SMARTS) is 1. The van der Waals surface area contributed by atoms with Gasteiger partial charge in [-0.3, -0.25) is 14.2 Å². The molecule has 1 N–H and O–H groups in total. The van der Waals surface area contributed by atoms with Crippen LogP contribution in [0, 0.1) is 12.7 Å². The van der Waals surface area contributed by atoms with Gasteiger partial charge in [-0.25, -0.2) is 4.39 Å². The number of fused-ring (bicyclic) bond motifs is 2. The van der Waals surface area contributed by atoms with Gasteiger partial charge in [0.25, 0.3) is 5.91 Å². The van der Waals surface area contributed by atoms with Crippen LogP contribution in [0.15, 0.2) is 60.7 Å². The van der Waals surface area contributed by atoms with E-state index < -0.39 is 17.7 Å². The lowest BCUT2D eigenvalue weighted by molar-refractivity contribution is -0.136. The zero-order chi connectivity index (χ0) is 24.7. The number of rotatable bonds is 6. The molecule has 0 aliphatic carbocycles. The van der Waals surface area contributed by atoms with Crippen molar-refractivity contribution in [1.29, 1.82) is 0 Å². The number of carboxylic acids is 1. The number of hydrogen-bond donors (Lipinski definition) is 1. The fourth-order valence-corrected chi connectivity index (χ4v) is 4.76. The molecule has 1 aliphatic rings. The van der Waals surface area contributed by atoms with Crippen molar-refractivity contribution in [3.05, 3.63) is 93.9 Å². The highest BCUT2D eigenvalue weighted by Crippen LogP contribution is 2.32. The Kier molecular flexibility index (Phi) is 5.94. The number of carbonyl (C=O) groups excluding carboxylic acids is 1. The van der Waals surface area contributed by atoms with Crippen molar-refractivity contribution < 1.29 is 28.6 Å². The zero-order valence-electron chi connectivity index (χ0n) is 18.8. The standard InChI is InChI=1S/C27H21ClFNO5/c1-15-21(13-26(31)32)22-11-17(29)6-9-24(22)30(15)27(33)20-8-7-18(12-23(20)28)34-14-19-10-16-4-2-3-5-25(16)35-19/h2-9,11-12,19H,10,13-14H2,1H3,(H,31,32). The molecule has 0 saturated heterocycles. The summed E-state index contributed by atoms with van der Waals surface area (Å²) in [5.74, 6) is -0.674. The Morgan fingerprint density at radius 3 is 2.71 bits per heavy atom. The highest BCUT2D eigenvalue weighted by molar-refractivity contribution is 6.34. The van der Waals surface area contributed by atoms with Crippen molar-refractivity contribution in [1.82, 2.24) is 4.57 Å². The molecule has 5 rings (SSSR count). The van der Waals surface area contributed by atoms with Gasteiger partial charge in [0.2, 0.25) is 0 Å². The van der Waals surface area contributed by atoms with E-state index in [1.807, 2.05) is 24.3 Å². The van der Waals surface area contributed by atoms with Gasteiger partial charge in [0.1, 0.15) is 30.0 Å². The normalized spacial score (nSPS) is 14.5. The highest BCUT2D eigenvalue weighted by atomic mass is 35.5. The summed E-state index contributed by atoms with van der Waals surface area (Å²) in [5, 5.41) is 9.88. The molecule has 1 aromatic heterocycles. The lowest BCUT2D eigenvalue weighted by Gasteiger charge is -2.14. The van der Waals surface area contributed by atoms with Gasteiger partial charge in [0.05, 0.1) is 22.5 Å². The van der Waals surface area contributed by atoms with E-state index in [0.29, 0.717) is 34.5 Å². The van der Waals surface area contributed by atoms with Crippen LogP contribution in [0.5, 0.6) is 11.5 Å². The number of halogens is 2. The van der Waals surface area contributed by atoms with Crippen molar-refractivity contribution in [2.45, 2.75) is 25.9 Å². The molecule has 3 aromatic carbocycles. The number of carbonyl (C=O) groups is 2. The fraction of sp³-hybridized carbons (Fsp3) is 0.185. The van der Waals surface area contributed by atoms with E-state index in [9.17, 15) is 19.1 Å². The maximum absolute atomic E-state index is 13.9. The van der Waals surface area contributed by atoms with Crippen LogP contribution in [-0.4, -0.2) is 34.3 Å². The SMILES string of the molecule is Cc1c(CC(=O)O)c2cc(F)ccc2n1C(=O)c1ccc(OCC2Cc3ccccc3O2)cc1Cl. The van der Waals surface area contributed by atoms with Crippen molar-refractivity contribution >= 4 is 34.4 Å². The van der Waals surface area contributed by atoms with E-state index in [4.69, 9.17) is 21.1 Å². The third kappa shape index (κ3) is 4.35. The lowest BCUT2D eigenvalue weighted by Crippen LogP contribution is -2.22. The Balaban J connectivity index is 1.39. The van der Waals surface area contributed by atoms with Gasteiger partial charge in [-0.15, -0.1) is 0 Å². The number of hydrogen-bond acceptors (Lipinski definition) is 4. The van der Waals surface area contributed by atoms with Gasteiger partial charge in [0.15, 0.2) is 0 Å². The molecule has 0 radical (unpaired) electrons. The Labute approximate surface area is 205 Å². The second kappa shape index (κ2) is 9.07. The second-order valence-corrected chi connectivity index (χ2v) is 8.85. The lowest BCUT2D eigenvalue weighted by atomic mass is 10.1. The first-order valence-corrected chi connectivity index (χ1v) is 11.4.